The fourth-order valence-electron chi connectivity index (χ4n) is 8.91. The molecule has 1 aliphatic carbocycles. The molecule has 296 valence electrons. The van der Waals surface area contributed by atoms with E-state index < -0.39 is 5.60 Å². The Bertz CT molecular complexity index is 2390. The van der Waals surface area contributed by atoms with Crippen LogP contribution in [-0.2, 0) is 11.3 Å². The van der Waals surface area contributed by atoms with Crippen LogP contribution in [0, 0.1) is 25.1 Å². The van der Waals surface area contributed by atoms with E-state index >= 15 is 4.39 Å². The van der Waals surface area contributed by atoms with Gasteiger partial charge in [-0.1, -0.05) is 18.1 Å². The summed E-state index contributed by atoms with van der Waals surface area (Å²) in [5.41, 5.74) is 5.46. The van der Waals surface area contributed by atoms with Gasteiger partial charge in [-0.2, -0.15) is 15.1 Å². The van der Waals surface area contributed by atoms with Crippen LogP contribution in [0.4, 0.5) is 15.0 Å². The summed E-state index contributed by atoms with van der Waals surface area (Å²) in [5, 5.41) is 8.97. The first-order valence-corrected chi connectivity index (χ1v) is 20.3. The Morgan fingerprint density at radius 2 is 1.81 bits per heavy atom. The number of ether oxygens (including phenoxy) is 3. The summed E-state index contributed by atoms with van der Waals surface area (Å²) in [5.74, 6) is 3.91. The molecule has 1 N–H and O–H groups in total. The number of rotatable bonds is 10. The van der Waals surface area contributed by atoms with Crippen molar-refractivity contribution in [1.29, 1.82) is 0 Å². The number of likely N-dealkylation sites (tertiary alicyclic amines) is 2. The lowest BCUT2D eigenvalue weighted by molar-refractivity contribution is 0.0214. The van der Waals surface area contributed by atoms with Crippen LogP contribution in [-0.4, -0.2) is 92.6 Å². The zero-order valence-electron chi connectivity index (χ0n) is 33.4. The number of nitrogens with one attached hydrogen (secondary N) is 1. The van der Waals surface area contributed by atoms with Crippen LogP contribution in [0.15, 0.2) is 42.6 Å². The number of nitrogens with zero attached hydrogens (tertiary/aromatic N) is 6. The van der Waals surface area contributed by atoms with Crippen molar-refractivity contribution >= 4 is 33.7 Å². The normalized spacial score (nSPS) is 20.1. The van der Waals surface area contributed by atoms with Crippen LogP contribution >= 0.6 is 0 Å². The fourth-order valence-corrected chi connectivity index (χ4v) is 8.91. The zero-order chi connectivity index (χ0) is 39.6. The molecule has 1 saturated carbocycles. The molecule has 3 aliphatic heterocycles. The van der Waals surface area contributed by atoms with Gasteiger partial charge in [-0.3, -0.25) is 10.00 Å². The van der Waals surface area contributed by atoms with E-state index in [0.29, 0.717) is 42.0 Å². The Balaban J connectivity index is 1.22. The number of carbonyl (C=O) groups excluding carboxylic acids is 1. The molecule has 2 bridgehead atoms. The predicted octanol–water partition coefficient (Wildman–Crippen LogP) is 8.12. The first-order chi connectivity index (χ1) is 27.5. The quantitative estimate of drug-likeness (QED) is 0.141. The molecule has 0 unspecified atom stereocenters. The second-order valence-electron chi connectivity index (χ2n) is 17.2. The zero-order valence-corrected chi connectivity index (χ0v) is 33.4. The Hall–Kier alpha value is -5.41. The van der Waals surface area contributed by atoms with E-state index in [0.717, 1.165) is 76.8 Å². The van der Waals surface area contributed by atoms with Crippen LogP contribution in [0.1, 0.15) is 88.0 Å². The number of hydrogen-bond acceptors (Lipinski definition) is 9. The molecule has 4 aliphatic rings. The van der Waals surface area contributed by atoms with Gasteiger partial charge >= 0.3 is 12.1 Å². The van der Waals surface area contributed by atoms with E-state index in [1.807, 2.05) is 56.9 Å². The van der Waals surface area contributed by atoms with Crippen molar-refractivity contribution < 1.29 is 23.4 Å². The molecule has 11 nitrogen and oxygen atoms in total. The molecule has 3 saturated heterocycles. The monoisotopic (exact) mass is 771 g/mol. The third-order valence-corrected chi connectivity index (χ3v) is 12.0. The van der Waals surface area contributed by atoms with Crippen molar-refractivity contribution in [2.45, 2.75) is 103 Å². The van der Waals surface area contributed by atoms with Crippen molar-refractivity contribution in [2.75, 3.05) is 37.7 Å². The largest absolute Gasteiger partial charge is 0.486 e. The highest BCUT2D eigenvalue weighted by molar-refractivity contribution is 6.06. The molecule has 5 aromatic rings. The summed E-state index contributed by atoms with van der Waals surface area (Å²) in [6.45, 7) is 13.5. The van der Waals surface area contributed by atoms with Gasteiger partial charge in [-0.25, -0.2) is 9.18 Å². The number of hydrogen-bond donors (Lipinski definition) is 1. The molecule has 57 heavy (non-hydrogen) atoms. The molecular weight excluding hydrogens is 722 g/mol. The van der Waals surface area contributed by atoms with E-state index in [9.17, 15) is 4.79 Å². The number of piperazine rings is 1. The Labute approximate surface area is 332 Å². The lowest BCUT2D eigenvalue weighted by Gasteiger charge is -2.36. The molecule has 1 amide bonds. The standard InChI is InChI=1S/C45H50FN7O4/c1-7-28-10-12-29(13-11-28)25-55-41-39(38-27(3)36(46)20-37-35(38)21-47-50-37)33(30-14-15-30)19-34-40(41)48-43(56-24-26(2)51-16-8-9-17-51)49-42(34)52-22-32-18-31(52)23-53(32)44(54)57-45(4,5)6/h1,10-13,19-21,26,30-32H,8-9,14-18,22-25H2,2-6H3,(H,47,50)/t26-,31-,32-/m0/s1. The summed E-state index contributed by atoms with van der Waals surface area (Å²) < 4.78 is 35.2. The van der Waals surface area contributed by atoms with E-state index in [-0.39, 0.29) is 48.6 Å². The highest BCUT2D eigenvalue weighted by Crippen LogP contribution is 2.53. The minimum atomic E-state index is -0.585. The Kier molecular flexibility index (Phi) is 9.47. The van der Waals surface area contributed by atoms with Crippen molar-refractivity contribution in [3.05, 3.63) is 70.7 Å². The molecule has 2 aromatic heterocycles. The van der Waals surface area contributed by atoms with Crippen molar-refractivity contribution in [3.8, 4) is 35.2 Å². The minimum absolute atomic E-state index is 0.0242. The van der Waals surface area contributed by atoms with E-state index in [2.05, 4.69) is 38.9 Å². The number of halogens is 1. The SMILES string of the molecule is C#Cc1ccc(COc2c(-c3c(C)c(F)cc4[nH]ncc34)c(C3CC3)cc3c(N4C[C@@H]5C[C@H]4CN5C(=O)OC(C)(C)C)nc(OC[C@H](C)N4CCCC4)nc23)cc1. The van der Waals surface area contributed by atoms with Crippen LogP contribution in [0.3, 0.4) is 0 Å². The van der Waals surface area contributed by atoms with Gasteiger partial charge in [-0.15, -0.1) is 6.42 Å². The number of H-pyrrole nitrogens is 1. The highest BCUT2D eigenvalue weighted by Gasteiger charge is 2.48. The van der Waals surface area contributed by atoms with Crippen LogP contribution in [0.5, 0.6) is 11.8 Å². The Morgan fingerprint density at radius 3 is 2.49 bits per heavy atom. The number of aromatic amines is 1. The van der Waals surface area contributed by atoms with E-state index in [4.69, 9.17) is 30.6 Å². The predicted molar refractivity (Wildman–Crippen MR) is 218 cm³/mol. The van der Waals surface area contributed by atoms with Gasteiger partial charge in [-0.05, 0) is 127 Å². The second-order valence-corrected chi connectivity index (χ2v) is 17.2. The van der Waals surface area contributed by atoms with Gasteiger partial charge in [0.15, 0.2) is 5.75 Å². The third-order valence-electron chi connectivity index (χ3n) is 12.0. The van der Waals surface area contributed by atoms with Gasteiger partial charge in [0.1, 0.15) is 36.0 Å². The van der Waals surface area contributed by atoms with Crippen molar-refractivity contribution in [2.24, 2.45) is 0 Å². The molecule has 9 rings (SSSR count). The topological polar surface area (TPSA) is 109 Å². The maximum Gasteiger partial charge on any atom is 0.410 e. The molecule has 4 fully saturated rings. The smallest absolute Gasteiger partial charge is 0.410 e. The summed E-state index contributed by atoms with van der Waals surface area (Å²) >= 11 is 0. The van der Waals surface area contributed by atoms with E-state index in [1.54, 1.807) is 6.20 Å². The molecule has 5 heterocycles. The van der Waals surface area contributed by atoms with Crippen LogP contribution < -0.4 is 14.4 Å². The summed E-state index contributed by atoms with van der Waals surface area (Å²) in [7, 11) is 0. The van der Waals surface area contributed by atoms with Gasteiger partial charge in [0.2, 0.25) is 0 Å². The van der Waals surface area contributed by atoms with E-state index in [1.165, 1.54) is 18.9 Å². The number of benzene rings is 3. The molecule has 3 aromatic carbocycles. The maximum absolute atomic E-state index is 15.9. The Morgan fingerprint density at radius 1 is 1.04 bits per heavy atom. The van der Waals surface area contributed by atoms with Crippen molar-refractivity contribution in [3.63, 3.8) is 0 Å². The minimum Gasteiger partial charge on any atom is -0.486 e. The first kappa shape index (κ1) is 37.2. The average Bonchev–Trinajstić information content (AvgIpc) is 3.57. The number of fused-ring (bicyclic) bond motifs is 4. The molecule has 0 radical (unpaired) electrons. The van der Waals surface area contributed by atoms with Crippen LogP contribution in [0.2, 0.25) is 0 Å². The number of carbonyl (C=O) groups is 1. The van der Waals surface area contributed by atoms with Gasteiger partial charge in [0.25, 0.3) is 0 Å². The lowest BCUT2D eigenvalue weighted by atomic mass is 9.88. The van der Waals surface area contributed by atoms with Crippen LogP contribution in [0.25, 0.3) is 32.9 Å². The average molecular weight is 772 g/mol. The lowest BCUT2D eigenvalue weighted by Crippen LogP contribution is -2.50. The number of aromatic nitrogens is 4. The van der Waals surface area contributed by atoms with Crippen molar-refractivity contribution in [1.82, 2.24) is 30.0 Å². The summed E-state index contributed by atoms with van der Waals surface area (Å²) in [6.07, 6.45) is 12.3. The van der Waals surface area contributed by atoms with Gasteiger partial charge < -0.3 is 24.0 Å². The number of amides is 1. The summed E-state index contributed by atoms with van der Waals surface area (Å²) in [6, 6.07) is 11.9. The molecule has 12 heteroatoms. The molecule has 3 atom stereocenters. The number of terminal acetylenes is 1. The van der Waals surface area contributed by atoms with Gasteiger partial charge in [0, 0.05) is 46.6 Å². The number of anilines is 1. The maximum atomic E-state index is 15.9. The first-order valence-electron chi connectivity index (χ1n) is 20.3. The van der Waals surface area contributed by atoms with Gasteiger partial charge in [0.05, 0.1) is 23.8 Å². The highest BCUT2D eigenvalue weighted by atomic mass is 19.1. The summed E-state index contributed by atoms with van der Waals surface area (Å²) in [4.78, 5) is 30.3. The third kappa shape index (κ3) is 7.11. The molecule has 0 spiro atoms. The molecular formula is C45H50FN7O4. The fraction of sp³-hybridized carbons (Fsp3) is 0.467. The second kappa shape index (κ2) is 14.5.